The number of benzene rings is 8. The molecule has 2 atom stereocenters. The van der Waals surface area contributed by atoms with E-state index in [0.717, 1.165) is 22.8 Å². The van der Waals surface area contributed by atoms with Crippen molar-refractivity contribution >= 4 is 32.3 Å². The van der Waals surface area contributed by atoms with Crippen LogP contribution in [0.15, 0.2) is 216 Å². The van der Waals surface area contributed by atoms with E-state index in [1.165, 1.54) is 66.8 Å². The molecule has 4 heteroatoms. The molecular formula is C61H59ClN2Pd. The Morgan fingerprint density at radius 1 is 0.369 bits per heavy atom. The molecule has 0 saturated heterocycles. The van der Waals surface area contributed by atoms with E-state index in [4.69, 9.17) is 9.98 Å². The number of nitrogens with zero attached hydrogens (tertiary/aromatic N) is 2. The van der Waals surface area contributed by atoms with Gasteiger partial charge in [-0.15, -0.1) is 0 Å². The van der Waals surface area contributed by atoms with Crippen LogP contribution < -0.4 is 0 Å². The molecule has 0 N–H and O–H groups in total. The summed E-state index contributed by atoms with van der Waals surface area (Å²) < 4.78 is 0. The Morgan fingerprint density at radius 3 is 0.846 bits per heavy atom. The van der Waals surface area contributed by atoms with Crippen LogP contribution in [0.5, 0.6) is 0 Å². The minimum absolute atomic E-state index is 0. The summed E-state index contributed by atoms with van der Waals surface area (Å²) in [6, 6.07) is 74.6. The summed E-state index contributed by atoms with van der Waals surface area (Å²) in [6.07, 6.45) is 0. The van der Waals surface area contributed by atoms with Crippen molar-refractivity contribution in [1.29, 1.82) is 0 Å². The first-order valence-electron chi connectivity index (χ1n) is 22.1. The molecule has 8 aromatic carbocycles. The molecule has 0 amide bonds. The number of hydrogen-bond donors (Lipinski definition) is 0. The Balaban J connectivity index is 0.00000230. The molecule has 0 aromatic heterocycles. The van der Waals surface area contributed by atoms with Crippen molar-refractivity contribution < 1.29 is 18.2 Å². The van der Waals surface area contributed by atoms with Crippen LogP contribution in [-0.4, -0.2) is 11.4 Å². The molecule has 0 fully saturated rings. The molecule has 2 nitrogen and oxygen atoms in total. The molecule has 0 saturated carbocycles. The van der Waals surface area contributed by atoms with Crippen LogP contribution in [0.25, 0.3) is 0 Å². The van der Waals surface area contributed by atoms with Crippen molar-refractivity contribution in [3.05, 3.63) is 280 Å². The number of aliphatic imine (C=N–C) groups is 2. The molecule has 330 valence electrons. The monoisotopic (exact) mass is 960 g/mol. The van der Waals surface area contributed by atoms with Gasteiger partial charge in [-0.1, -0.05) is 231 Å². The van der Waals surface area contributed by atoms with Crippen molar-refractivity contribution in [2.75, 3.05) is 0 Å². The van der Waals surface area contributed by atoms with Crippen LogP contribution >= 0.6 is 9.53 Å². The Hall–Kier alpha value is -5.95. The zero-order chi connectivity index (χ0) is 45.0. The first-order valence-corrected chi connectivity index (χ1v) is 24.1. The average Bonchev–Trinajstić information content (AvgIpc) is 3.35. The van der Waals surface area contributed by atoms with E-state index in [0.29, 0.717) is 0 Å². The summed E-state index contributed by atoms with van der Waals surface area (Å²) in [4.78, 5) is 11.5. The van der Waals surface area contributed by atoms with E-state index < -0.39 is 0 Å². The Kier molecular flexibility index (Phi) is 17.4. The molecule has 0 radical (unpaired) electrons. The van der Waals surface area contributed by atoms with E-state index in [9.17, 15) is 0 Å². The number of aryl methyl sites for hydroxylation is 2. The van der Waals surface area contributed by atoms with E-state index in [1.807, 2.05) is 0 Å². The summed E-state index contributed by atoms with van der Waals surface area (Å²) in [6.45, 7) is 13.3. The predicted molar refractivity (Wildman–Crippen MR) is 276 cm³/mol. The predicted octanol–water partition coefficient (Wildman–Crippen LogP) is 17.0. The molecule has 2 unspecified atom stereocenters. The summed E-state index contributed by atoms with van der Waals surface area (Å²) >= 11 is 2.22. The molecule has 0 aliphatic rings. The zero-order valence-corrected chi connectivity index (χ0v) is 40.8. The van der Waals surface area contributed by atoms with Crippen LogP contribution in [0, 0.1) is 21.3 Å². The van der Waals surface area contributed by atoms with E-state index in [2.05, 4.69) is 276 Å². The van der Waals surface area contributed by atoms with Crippen LogP contribution in [0.3, 0.4) is 0 Å². The molecule has 8 aromatic rings. The van der Waals surface area contributed by atoms with Crippen molar-refractivity contribution in [3.63, 3.8) is 0 Å². The average molecular weight is 962 g/mol. The first-order chi connectivity index (χ1) is 31.3. The minimum atomic E-state index is -0.0548. The Morgan fingerprint density at radius 2 is 0.585 bits per heavy atom. The van der Waals surface area contributed by atoms with Crippen LogP contribution in [-0.2, 0) is 18.2 Å². The summed E-state index contributed by atoms with van der Waals surface area (Å²) in [5.41, 5.74) is 18.5. The topological polar surface area (TPSA) is 24.7 Å². The molecule has 0 aliphatic heterocycles. The van der Waals surface area contributed by atoms with Crippen molar-refractivity contribution in [1.82, 2.24) is 0 Å². The van der Waals surface area contributed by atoms with Gasteiger partial charge in [-0.2, -0.15) is 0 Å². The van der Waals surface area contributed by atoms with Crippen LogP contribution in [0.2, 0.25) is 0 Å². The Labute approximate surface area is 403 Å². The zero-order valence-electron chi connectivity index (χ0n) is 38.5. The van der Waals surface area contributed by atoms with Crippen molar-refractivity contribution in [3.8, 4) is 0 Å². The standard InChI is InChI=1S/C60H56N2.CH3.ClH.Pd/c1-41-37-53(43(3)47-25-13-7-14-26-47)59(54(38-41)44(4)48-27-15-8-16-28-48)61-45(5)46(6)62-60-55(57(49-29-17-9-18-30-49)50-31-19-10-20-32-50)39-42(2)40-56(60)58(51-33-21-11-22-34-51)52-35-23-12-24-36-52;;;/h7-40,43-44,57-58H,1-6H3;1H3;1H;/q;-1;;+2/p-1. The van der Waals surface area contributed by atoms with Gasteiger partial charge in [-0.3, -0.25) is 9.98 Å². The van der Waals surface area contributed by atoms with Gasteiger partial charge in [0.05, 0.1) is 22.8 Å². The quantitative estimate of drug-likeness (QED) is 0.0476. The summed E-state index contributed by atoms with van der Waals surface area (Å²) in [5.74, 6) is 0.153. The fraction of sp³-hybridized carbons (Fsp3) is 0.164. The third-order valence-corrected chi connectivity index (χ3v) is 12.4. The second-order valence-corrected chi connectivity index (χ2v) is 16.8. The molecule has 65 heavy (non-hydrogen) atoms. The maximum atomic E-state index is 5.81. The van der Waals surface area contributed by atoms with E-state index in [-0.39, 0.29) is 31.1 Å². The van der Waals surface area contributed by atoms with Gasteiger partial charge in [0.15, 0.2) is 0 Å². The number of halogens is 1. The van der Waals surface area contributed by atoms with Gasteiger partial charge in [0.2, 0.25) is 0 Å². The van der Waals surface area contributed by atoms with Gasteiger partial charge in [0.1, 0.15) is 0 Å². The van der Waals surface area contributed by atoms with Crippen LogP contribution in [0.1, 0.15) is 118 Å². The van der Waals surface area contributed by atoms with Crippen molar-refractivity contribution in [2.45, 2.75) is 65.2 Å². The Bertz CT molecular complexity index is 2540. The fourth-order valence-electron chi connectivity index (χ4n) is 9.05. The fourth-order valence-corrected chi connectivity index (χ4v) is 9.05. The van der Waals surface area contributed by atoms with E-state index in [1.54, 1.807) is 0 Å². The number of hydrogen-bond acceptors (Lipinski definition) is 2. The molecule has 0 spiro atoms. The molecular weight excluding hydrogens is 903 g/mol. The maximum absolute atomic E-state index is 5.81. The molecule has 8 rings (SSSR count). The van der Waals surface area contributed by atoms with Gasteiger partial charge >= 0.3 is 27.7 Å². The number of rotatable bonds is 13. The third-order valence-electron chi connectivity index (χ3n) is 12.4. The van der Waals surface area contributed by atoms with Gasteiger partial charge < -0.3 is 7.43 Å². The third kappa shape index (κ3) is 11.5. The normalized spacial score (nSPS) is 12.5. The van der Waals surface area contributed by atoms with Gasteiger partial charge in [0, 0.05) is 23.7 Å². The summed E-state index contributed by atoms with van der Waals surface area (Å²) in [7, 11) is 4.49. The van der Waals surface area contributed by atoms with Crippen molar-refractivity contribution in [2.24, 2.45) is 9.98 Å². The van der Waals surface area contributed by atoms with E-state index >= 15 is 0 Å². The molecule has 0 aliphatic carbocycles. The van der Waals surface area contributed by atoms with Crippen LogP contribution in [0.4, 0.5) is 11.4 Å². The first kappa shape index (κ1) is 48.5. The summed E-state index contributed by atoms with van der Waals surface area (Å²) in [5, 5.41) is 0. The van der Waals surface area contributed by atoms with Gasteiger partial charge in [0.25, 0.3) is 0 Å². The van der Waals surface area contributed by atoms with Gasteiger partial charge in [-0.05, 0) is 83.3 Å². The molecule has 0 bridgehead atoms. The second-order valence-electron chi connectivity index (χ2n) is 16.8. The molecule has 0 heterocycles. The SMILES string of the molecule is CC(=Nc1c(C(C)c2ccccc2)cc(C)cc1C(C)c1ccccc1)C(C)=Nc1c(C(c2ccccc2)c2ccccc2)cc(C)cc1C(c1ccccc1)c1ccccc1.[CH3-].[Cl][Pd+]. The second kappa shape index (κ2) is 23.3. The van der Waals surface area contributed by atoms with Gasteiger partial charge in [-0.25, -0.2) is 0 Å².